The third kappa shape index (κ3) is 2.38. The molecule has 16 heavy (non-hydrogen) atoms. The van der Waals surface area contributed by atoms with Gasteiger partial charge < -0.3 is 9.84 Å². The van der Waals surface area contributed by atoms with Crippen LogP contribution in [0, 0.1) is 6.92 Å². The molecule has 0 aliphatic carbocycles. The van der Waals surface area contributed by atoms with Crippen molar-refractivity contribution in [2.45, 2.75) is 46.1 Å². The number of methoxy groups -OCH3 is 1. The summed E-state index contributed by atoms with van der Waals surface area (Å²) < 4.78 is 5.46. The van der Waals surface area contributed by atoms with Crippen LogP contribution in [0.3, 0.4) is 0 Å². The monoisotopic (exact) mass is 222 g/mol. The van der Waals surface area contributed by atoms with Gasteiger partial charge in [-0.2, -0.15) is 0 Å². The van der Waals surface area contributed by atoms with Crippen LogP contribution < -0.4 is 4.74 Å². The second kappa shape index (κ2) is 4.46. The van der Waals surface area contributed by atoms with Crippen LogP contribution in [-0.2, 0) is 5.60 Å². The van der Waals surface area contributed by atoms with Crippen molar-refractivity contribution in [3.63, 3.8) is 0 Å². The van der Waals surface area contributed by atoms with Gasteiger partial charge in [0.05, 0.1) is 12.7 Å². The molecule has 1 rings (SSSR count). The topological polar surface area (TPSA) is 29.5 Å². The number of hydrogen-bond donors (Lipinski definition) is 1. The fourth-order valence-corrected chi connectivity index (χ4v) is 2.09. The number of hydrogen-bond acceptors (Lipinski definition) is 2. The quantitative estimate of drug-likeness (QED) is 0.849. The summed E-state index contributed by atoms with van der Waals surface area (Å²) in [6, 6.07) is 3.99. The molecule has 2 nitrogen and oxygen atoms in total. The first kappa shape index (κ1) is 13.0. The minimum Gasteiger partial charge on any atom is -0.496 e. The fraction of sp³-hybridized carbons (Fsp3) is 0.571. The molecule has 0 saturated heterocycles. The minimum atomic E-state index is -0.833. The Morgan fingerprint density at radius 3 is 2.19 bits per heavy atom. The number of ether oxygens (including phenoxy) is 1. The van der Waals surface area contributed by atoms with Crippen molar-refractivity contribution in [3.05, 3.63) is 28.8 Å². The fourth-order valence-electron chi connectivity index (χ4n) is 2.09. The van der Waals surface area contributed by atoms with Gasteiger partial charge in [0.15, 0.2) is 0 Å². The van der Waals surface area contributed by atoms with Gasteiger partial charge in [0.25, 0.3) is 0 Å². The van der Waals surface area contributed by atoms with E-state index in [1.807, 2.05) is 32.9 Å². The summed E-state index contributed by atoms with van der Waals surface area (Å²) in [4.78, 5) is 0. The van der Waals surface area contributed by atoms with Gasteiger partial charge in [0.1, 0.15) is 5.75 Å². The Hall–Kier alpha value is -1.02. The average molecular weight is 222 g/mol. The van der Waals surface area contributed by atoms with Gasteiger partial charge in [-0.25, -0.2) is 0 Å². The van der Waals surface area contributed by atoms with Crippen molar-refractivity contribution in [1.29, 1.82) is 0 Å². The number of aryl methyl sites for hydroxylation is 1. The molecule has 0 aromatic heterocycles. The summed E-state index contributed by atoms with van der Waals surface area (Å²) in [5.41, 5.74) is 2.33. The molecule has 0 spiro atoms. The van der Waals surface area contributed by atoms with Crippen LogP contribution in [0.4, 0.5) is 0 Å². The van der Waals surface area contributed by atoms with Gasteiger partial charge in [-0.05, 0) is 37.8 Å². The predicted octanol–water partition coefficient (Wildman–Crippen LogP) is 3.35. The minimum absolute atomic E-state index is 0.330. The molecule has 0 fully saturated rings. The maximum Gasteiger partial charge on any atom is 0.125 e. The van der Waals surface area contributed by atoms with Crippen molar-refractivity contribution in [1.82, 2.24) is 0 Å². The lowest BCUT2D eigenvalue weighted by molar-refractivity contribution is 0.0769. The van der Waals surface area contributed by atoms with Gasteiger partial charge in [-0.3, -0.25) is 0 Å². The SMILES string of the molecule is COc1c(C)ccc(C(C)(C)O)c1C(C)C. The molecule has 0 radical (unpaired) electrons. The van der Waals surface area contributed by atoms with E-state index in [1.165, 1.54) is 0 Å². The largest absolute Gasteiger partial charge is 0.496 e. The van der Waals surface area contributed by atoms with E-state index in [4.69, 9.17) is 4.74 Å². The summed E-state index contributed by atoms with van der Waals surface area (Å²) in [5.74, 6) is 1.23. The Bertz CT molecular complexity index is 373. The van der Waals surface area contributed by atoms with E-state index >= 15 is 0 Å². The van der Waals surface area contributed by atoms with E-state index in [-0.39, 0.29) is 0 Å². The van der Waals surface area contributed by atoms with Crippen LogP contribution in [-0.4, -0.2) is 12.2 Å². The van der Waals surface area contributed by atoms with Crippen LogP contribution in [0.2, 0.25) is 0 Å². The van der Waals surface area contributed by atoms with Crippen molar-refractivity contribution in [2.24, 2.45) is 0 Å². The normalized spacial score (nSPS) is 12.0. The first-order chi connectivity index (χ1) is 7.29. The van der Waals surface area contributed by atoms with Crippen molar-refractivity contribution >= 4 is 0 Å². The molecule has 2 heteroatoms. The Labute approximate surface area is 98.3 Å². The number of rotatable bonds is 3. The summed E-state index contributed by atoms with van der Waals surface area (Å²) in [7, 11) is 1.68. The molecule has 0 bridgehead atoms. The second-order valence-corrected chi connectivity index (χ2v) is 5.09. The molecule has 0 saturated carbocycles. The zero-order chi connectivity index (χ0) is 12.5. The third-order valence-corrected chi connectivity index (χ3v) is 2.83. The highest BCUT2D eigenvalue weighted by Gasteiger charge is 2.24. The van der Waals surface area contributed by atoms with Crippen molar-refractivity contribution in [3.8, 4) is 5.75 Å². The van der Waals surface area contributed by atoms with Crippen molar-refractivity contribution < 1.29 is 9.84 Å². The molecular weight excluding hydrogens is 200 g/mol. The van der Waals surface area contributed by atoms with Gasteiger partial charge in [-0.1, -0.05) is 26.0 Å². The van der Waals surface area contributed by atoms with Crippen LogP contribution in [0.5, 0.6) is 5.75 Å². The van der Waals surface area contributed by atoms with Crippen LogP contribution >= 0.6 is 0 Å². The smallest absolute Gasteiger partial charge is 0.125 e. The second-order valence-electron chi connectivity index (χ2n) is 5.09. The molecule has 0 unspecified atom stereocenters. The lowest BCUT2D eigenvalue weighted by Gasteiger charge is -2.26. The number of benzene rings is 1. The lowest BCUT2D eigenvalue weighted by Crippen LogP contribution is -2.19. The Kier molecular flexibility index (Phi) is 3.64. The van der Waals surface area contributed by atoms with Crippen LogP contribution in [0.1, 0.15) is 50.3 Å². The Balaban J connectivity index is 3.52. The van der Waals surface area contributed by atoms with Gasteiger partial charge in [0, 0.05) is 5.56 Å². The highest BCUT2D eigenvalue weighted by Crippen LogP contribution is 2.37. The van der Waals surface area contributed by atoms with Crippen LogP contribution in [0.15, 0.2) is 12.1 Å². The summed E-state index contributed by atoms with van der Waals surface area (Å²) in [6.45, 7) is 9.88. The first-order valence-electron chi connectivity index (χ1n) is 5.69. The van der Waals surface area contributed by atoms with Crippen molar-refractivity contribution in [2.75, 3.05) is 7.11 Å². The Morgan fingerprint density at radius 1 is 1.25 bits per heavy atom. The third-order valence-electron chi connectivity index (χ3n) is 2.83. The maximum atomic E-state index is 10.2. The van der Waals surface area contributed by atoms with E-state index in [0.717, 1.165) is 22.4 Å². The molecule has 0 aliphatic rings. The molecule has 1 N–H and O–H groups in total. The number of aliphatic hydroxyl groups is 1. The molecule has 0 heterocycles. The van der Waals surface area contributed by atoms with E-state index in [0.29, 0.717) is 5.92 Å². The average Bonchev–Trinajstić information content (AvgIpc) is 2.14. The van der Waals surface area contributed by atoms with Gasteiger partial charge >= 0.3 is 0 Å². The zero-order valence-corrected chi connectivity index (χ0v) is 11.1. The first-order valence-corrected chi connectivity index (χ1v) is 5.69. The van der Waals surface area contributed by atoms with Gasteiger partial charge in [0.2, 0.25) is 0 Å². The Morgan fingerprint density at radius 2 is 1.81 bits per heavy atom. The van der Waals surface area contributed by atoms with Gasteiger partial charge in [-0.15, -0.1) is 0 Å². The van der Waals surface area contributed by atoms with E-state index in [1.54, 1.807) is 7.11 Å². The molecule has 0 atom stereocenters. The van der Waals surface area contributed by atoms with E-state index < -0.39 is 5.60 Å². The van der Waals surface area contributed by atoms with Crippen LogP contribution in [0.25, 0.3) is 0 Å². The standard InChI is InChI=1S/C14H22O2/c1-9(2)12-11(14(4,5)15)8-7-10(3)13(12)16-6/h7-9,15H,1-6H3. The molecule has 0 amide bonds. The molecular formula is C14H22O2. The molecule has 0 aliphatic heterocycles. The van der Waals surface area contributed by atoms with E-state index in [2.05, 4.69) is 13.8 Å². The highest BCUT2D eigenvalue weighted by molar-refractivity contribution is 5.49. The molecule has 1 aromatic carbocycles. The maximum absolute atomic E-state index is 10.2. The van der Waals surface area contributed by atoms with E-state index in [9.17, 15) is 5.11 Å². The molecule has 1 aromatic rings. The zero-order valence-electron chi connectivity index (χ0n) is 11.1. The molecule has 90 valence electrons. The predicted molar refractivity (Wildman–Crippen MR) is 67.1 cm³/mol. The summed E-state index contributed by atoms with van der Waals surface area (Å²) in [6.07, 6.45) is 0. The highest BCUT2D eigenvalue weighted by atomic mass is 16.5. The summed E-state index contributed by atoms with van der Waals surface area (Å²) >= 11 is 0. The lowest BCUT2D eigenvalue weighted by atomic mass is 9.86. The summed E-state index contributed by atoms with van der Waals surface area (Å²) in [5, 5.41) is 10.2.